The molecule has 2 heteroatoms. The molecule has 0 aromatic heterocycles. The van der Waals surface area contributed by atoms with Crippen LogP contribution in [-0.4, -0.2) is 11.6 Å². The summed E-state index contributed by atoms with van der Waals surface area (Å²) in [5.74, 6) is 0.264. The van der Waals surface area contributed by atoms with E-state index in [1.165, 1.54) is 12.2 Å². The number of ketones is 2. The Bertz CT molecular complexity index is 236. The maximum absolute atomic E-state index is 11.0. The molecule has 72 valence electrons. The molecule has 0 N–H and O–H groups in total. The molecule has 0 heterocycles. The van der Waals surface area contributed by atoms with Crippen LogP contribution in [0.3, 0.4) is 0 Å². The zero-order chi connectivity index (χ0) is 10.3. The van der Waals surface area contributed by atoms with Crippen molar-refractivity contribution in [1.29, 1.82) is 0 Å². The normalized spacial score (nSPS) is 13.8. The summed E-state index contributed by atoms with van der Waals surface area (Å²) in [5, 5.41) is 0. The van der Waals surface area contributed by atoms with Crippen molar-refractivity contribution in [3.8, 4) is 0 Å². The molecule has 2 nitrogen and oxygen atoms in total. The van der Waals surface area contributed by atoms with Gasteiger partial charge in [-0.1, -0.05) is 19.1 Å². The van der Waals surface area contributed by atoms with Gasteiger partial charge in [0.2, 0.25) is 0 Å². The van der Waals surface area contributed by atoms with Gasteiger partial charge in [0, 0.05) is 6.42 Å². The molecule has 0 aliphatic carbocycles. The molecule has 0 aliphatic heterocycles. The second-order valence-electron chi connectivity index (χ2n) is 3.14. The van der Waals surface area contributed by atoms with E-state index in [0.29, 0.717) is 6.42 Å². The molecule has 0 fully saturated rings. The fraction of sp³-hybridized carbons (Fsp3) is 0.455. The molecule has 0 bridgehead atoms. The van der Waals surface area contributed by atoms with Gasteiger partial charge < -0.3 is 4.79 Å². The number of carbonyl (C=O) groups excluding carboxylic acids is 2. The third-order valence-corrected chi connectivity index (χ3v) is 1.53. The van der Waals surface area contributed by atoms with Gasteiger partial charge in [-0.2, -0.15) is 0 Å². The van der Waals surface area contributed by atoms with Gasteiger partial charge in [0.25, 0.3) is 0 Å². The van der Waals surface area contributed by atoms with Gasteiger partial charge in [0.15, 0.2) is 5.78 Å². The molecule has 1 atom stereocenters. The summed E-state index contributed by atoms with van der Waals surface area (Å²) in [4.78, 5) is 21.7. The van der Waals surface area contributed by atoms with Crippen molar-refractivity contribution >= 4 is 11.6 Å². The van der Waals surface area contributed by atoms with Crippen molar-refractivity contribution in [3.63, 3.8) is 0 Å². The summed E-state index contributed by atoms with van der Waals surface area (Å²) in [7, 11) is 0. The van der Waals surface area contributed by atoms with Crippen molar-refractivity contribution < 1.29 is 9.59 Å². The van der Waals surface area contributed by atoms with E-state index in [2.05, 4.69) is 0 Å². The Morgan fingerprint density at radius 3 is 2.38 bits per heavy atom. The average Bonchev–Trinajstić information content (AvgIpc) is 2.00. The lowest BCUT2D eigenvalue weighted by molar-refractivity contribution is -0.117. The molecular weight excluding hydrogens is 164 g/mol. The number of carbonyl (C=O) groups is 2. The van der Waals surface area contributed by atoms with Gasteiger partial charge in [-0.25, -0.2) is 0 Å². The van der Waals surface area contributed by atoms with Crippen molar-refractivity contribution in [2.24, 2.45) is 5.92 Å². The van der Waals surface area contributed by atoms with E-state index in [4.69, 9.17) is 0 Å². The Morgan fingerprint density at radius 1 is 1.31 bits per heavy atom. The Hall–Kier alpha value is -1.18. The van der Waals surface area contributed by atoms with E-state index < -0.39 is 0 Å². The van der Waals surface area contributed by atoms with Crippen LogP contribution in [0.1, 0.15) is 27.2 Å². The van der Waals surface area contributed by atoms with Crippen LogP contribution in [0.4, 0.5) is 0 Å². The molecule has 0 aromatic rings. The fourth-order valence-electron chi connectivity index (χ4n) is 1.00. The minimum atomic E-state index is -0.0297. The molecule has 0 aliphatic rings. The number of hydrogen-bond acceptors (Lipinski definition) is 2. The minimum absolute atomic E-state index is 0.0297. The number of Topliss-reactive ketones (excluding diaryl/α,β-unsaturated/α-hetero) is 1. The number of hydrogen-bond donors (Lipinski definition) is 0. The van der Waals surface area contributed by atoms with Crippen molar-refractivity contribution in [2.45, 2.75) is 27.2 Å². The molecule has 1 unspecified atom stereocenters. The van der Waals surface area contributed by atoms with Crippen LogP contribution in [0.2, 0.25) is 0 Å². The second-order valence-corrected chi connectivity index (χ2v) is 3.14. The van der Waals surface area contributed by atoms with Crippen LogP contribution in [0.25, 0.3) is 0 Å². The Labute approximate surface area is 79.3 Å². The van der Waals surface area contributed by atoms with Crippen LogP contribution in [0.15, 0.2) is 24.3 Å². The van der Waals surface area contributed by atoms with E-state index in [9.17, 15) is 9.59 Å². The highest BCUT2D eigenvalue weighted by atomic mass is 16.1. The first-order valence-electron chi connectivity index (χ1n) is 4.40. The Balaban J connectivity index is 3.96. The molecule has 0 radical (unpaired) electrons. The first-order chi connectivity index (χ1) is 6.06. The monoisotopic (exact) mass is 180 g/mol. The van der Waals surface area contributed by atoms with E-state index in [1.807, 2.05) is 6.92 Å². The first-order valence-corrected chi connectivity index (χ1v) is 4.40. The molecule has 0 saturated carbocycles. The molecular formula is C11H16O2. The lowest BCUT2D eigenvalue weighted by atomic mass is 10.0. The highest BCUT2D eigenvalue weighted by molar-refractivity contribution is 5.99. The van der Waals surface area contributed by atoms with Crippen LogP contribution in [-0.2, 0) is 9.59 Å². The van der Waals surface area contributed by atoms with Crippen LogP contribution in [0.5, 0.6) is 0 Å². The quantitative estimate of drug-likeness (QED) is 0.608. The predicted molar refractivity (Wildman–Crippen MR) is 53.4 cm³/mol. The maximum Gasteiger partial charge on any atom is 0.177 e. The molecule has 0 saturated heterocycles. The van der Waals surface area contributed by atoms with Crippen molar-refractivity contribution in [1.82, 2.24) is 0 Å². The van der Waals surface area contributed by atoms with Gasteiger partial charge in [-0.15, -0.1) is 0 Å². The second kappa shape index (κ2) is 6.35. The zero-order valence-corrected chi connectivity index (χ0v) is 8.41. The van der Waals surface area contributed by atoms with E-state index in [0.717, 1.165) is 0 Å². The Morgan fingerprint density at radius 2 is 1.92 bits per heavy atom. The molecule has 0 spiro atoms. The van der Waals surface area contributed by atoms with E-state index in [-0.39, 0.29) is 17.5 Å². The summed E-state index contributed by atoms with van der Waals surface area (Å²) in [6, 6.07) is 0. The summed E-state index contributed by atoms with van der Waals surface area (Å²) in [5.41, 5.74) is 0. The molecule has 0 aromatic carbocycles. The summed E-state index contributed by atoms with van der Waals surface area (Å²) < 4.78 is 0. The Kier molecular flexibility index (Phi) is 5.77. The first kappa shape index (κ1) is 11.8. The van der Waals surface area contributed by atoms with Gasteiger partial charge in [0.05, 0.1) is 0 Å². The molecule has 13 heavy (non-hydrogen) atoms. The SMILES string of the molecule is C/C=C/C(=O)C=CC(C)CC(C)=O. The van der Waals surface area contributed by atoms with Crippen molar-refractivity contribution in [2.75, 3.05) is 0 Å². The lowest BCUT2D eigenvalue weighted by Crippen LogP contribution is -1.99. The zero-order valence-electron chi connectivity index (χ0n) is 8.41. The third-order valence-electron chi connectivity index (χ3n) is 1.53. The molecule has 0 rings (SSSR count). The van der Waals surface area contributed by atoms with Crippen molar-refractivity contribution in [3.05, 3.63) is 24.3 Å². The maximum atomic E-state index is 11.0. The van der Waals surface area contributed by atoms with Gasteiger partial charge in [0.1, 0.15) is 5.78 Å². The smallest absolute Gasteiger partial charge is 0.177 e. The topological polar surface area (TPSA) is 34.1 Å². The van der Waals surface area contributed by atoms with Crippen LogP contribution in [0, 0.1) is 5.92 Å². The largest absolute Gasteiger partial charge is 0.300 e. The summed E-state index contributed by atoms with van der Waals surface area (Å²) in [6.07, 6.45) is 6.97. The molecule has 0 amide bonds. The van der Waals surface area contributed by atoms with Gasteiger partial charge in [-0.3, -0.25) is 4.79 Å². The number of rotatable bonds is 5. The number of allylic oxidation sites excluding steroid dienone is 4. The standard InChI is InChI=1S/C11H16O2/c1-4-5-11(13)7-6-9(2)8-10(3)12/h4-7,9H,8H2,1-3H3/b5-4+,7-6?. The summed E-state index contributed by atoms with van der Waals surface area (Å²) in [6.45, 7) is 5.27. The van der Waals surface area contributed by atoms with Crippen LogP contribution < -0.4 is 0 Å². The van der Waals surface area contributed by atoms with Gasteiger partial charge >= 0.3 is 0 Å². The van der Waals surface area contributed by atoms with E-state index >= 15 is 0 Å². The van der Waals surface area contributed by atoms with Crippen LogP contribution >= 0.6 is 0 Å². The fourth-order valence-corrected chi connectivity index (χ4v) is 1.00. The van der Waals surface area contributed by atoms with Gasteiger partial charge in [-0.05, 0) is 31.9 Å². The highest BCUT2D eigenvalue weighted by Gasteiger charge is 2.00. The average molecular weight is 180 g/mol. The van der Waals surface area contributed by atoms with E-state index in [1.54, 1.807) is 26.0 Å². The highest BCUT2D eigenvalue weighted by Crippen LogP contribution is 2.03. The lowest BCUT2D eigenvalue weighted by Gasteiger charge is -2.00. The third kappa shape index (κ3) is 7.19. The summed E-state index contributed by atoms with van der Waals surface area (Å²) >= 11 is 0. The predicted octanol–water partition coefficient (Wildman–Crippen LogP) is 2.30. The minimum Gasteiger partial charge on any atom is -0.300 e.